The van der Waals surface area contributed by atoms with E-state index in [1.54, 1.807) is 0 Å². The van der Waals surface area contributed by atoms with Crippen LogP contribution in [0.5, 0.6) is 5.75 Å². The molecule has 0 saturated carbocycles. The van der Waals surface area contributed by atoms with Gasteiger partial charge in [0.25, 0.3) is 5.91 Å². The highest BCUT2D eigenvalue weighted by molar-refractivity contribution is 6.08. The molecule has 2 aliphatic rings. The van der Waals surface area contributed by atoms with Gasteiger partial charge in [-0.1, -0.05) is 0 Å². The van der Waals surface area contributed by atoms with E-state index in [9.17, 15) is 18.4 Å². The minimum atomic E-state index is -0.928. The predicted molar refractivity (Wildman–Crippen MR) is 102 cm³/mol. The van der Waals surface area contributed by atoms with E-state index in [-0.39, 0.29) is 49.2 Å². The fourth-order valence-corrected chi connectivity index (χ4v) is 3.38. The van der Waals surface area contributed by atoms with Gasteiger partial charge in [-0.15, -0.1) is 0 Å². The number of rotatable bonds is 8. The van der Waals surface area contributed by atoms with Crippen molar-refractivity contribution in [2.24, 2.45) is 5.92 Å². The summed E-state index contributed by atoms with van der Waals surface area (Å²) in [6, 6.07) is 1.98. The Morgan fingerprint density at radius 1 is 1.30 bits per heavy atom. The normalized spacial score (nSPS) is 17.5. The summed E-state index contributed by atoms with van der Waals surface area (Å²) in [5.41, 5.74) is -0.194. The lowest BCUT2D eigenvalue weighted by atomic mass is 10.0. The average molecular weight is 426 g/mol. The van der Waals surface area contributed by atoms with Crippen LogP contribution >= 0.6 is 0 Å². The molecule has 2 aliphatic heterocycles. The molecule has 0 radical (unpaired) electrons. The monoisotopic (exact) mass is 426 g/mol. The molecule has 1 aromatic carbocycles. The Kier molecular flexibility index (Phi) is 7.22. The SMILES string of the molecule is COC(=O)C1=C(Nc2cc(F)c(OCC3CCOCC3)c(F)c2)C(=O)N(CCO)C1. The molecule has 0 aromatic heterocycles. The number of aliphatic hydroxyl groups is 1. The highest BCUT2D eigenvalue weighted by Crippen LogP contribution is 2.29. The molecule has 0 bridgehead atoms. The van der Waals surface area contributed by atoms with Crippen molar-refractivity contribution in [3.63, 3.8) is 0 Å². The number of β-amino-alcohol motifs (C(OH)–C–C–N with tert-alkyl or cyclic N) is 1. The second-order valence-electron chi connectivity index (χ2n) is 7.06. The van der Waals surface area contributed by atoms with Crippen LogP contribution in [0.25, 0.3) is 0 Å². The number of halogens is 2. The lowest BCUT2D eigenvalue weighted by Crippen LogP contribution is -2.31. The zero-order valence-corrected chi connectivity index (χ0v) is 16.6. The lowest BCUT2D eigenvalue weighted by molar-refractivity contribution is -0.136. The molecule has 30 heavy (non-hydrogen) atoms. The number of esters is 1. The van der Waals surface area contributed by atoms with Crippen LogP contribution in [0.15, 0.2) is 23.4 Å². The van der Waals surface area contributed by atoms with Gasteiger partial charge in [0.2, 0.25) is 0 Å². The summed E-state index contributed by atoms with van der Waals surface area (Å²) in [4.78, 5) is 25.7. The van der Waals surface area contributed by atoms with Gasteiger partial charge >= 0.3 is 5.97 Å². The van der Waals surface area contributed by atoms with Gasteiger partial charge in [-0.25, -0.2) is 13.6 Å². The number of benzene rings is 1. The maximum absolute atomic E-state index is 14.5. The van der Waals surface area contributed by atoms with Crippen LogP contribution in [0, 0.1) is 17.6 Å². The van der Waals surface area contributed by atoms with Gasteiger partial charge in [0.1, 0.15) is 5.70 Å². The maximum Gasteiger partial charge on any atom is 0.337 e. The number of nitrogens with zero attached hydrogens (tertiary/aromatic N) is 1. The zero-order chi connectivity index (χ0) is 21.7. The summed E-state index contributed by atoms with van der Waals surface area (Å²) in [7, 11) is 1.16. The third kappa shape index (κ3) is 4.88. The largest absolute Gasteiger partial charge is 0.487 e. The average Bonchev–Trinajstić information content (AvgIpc) is 3.03. The lowest BCUT2D eigenvalue weighted by Gasteiger charge is -2.22. The first kappa shape index (κ1) is 22.0. The molecule has 0 spiro atoms. The fourth-order valence-electron chi connectivity index (χ4n) is 3.38. The van der Waals surface area contributed by atoms with Gasteiger partial charge < -0.3 is 29.5 Å². The Morgan fingerprint density at radius 3 is 2.57 bits per heavy atom. The molecule has 1 saturated heterocycles. The first-order valence-electron chi connectivity index (χ1n) is 9.62. The van der Waals surface area contributed by atoms with Gasteiger partial charge in [-0.3, -0.25) is 4.79 Å². The molecule has 1 amide bonds. The molecular formula is C20H24F2N2O6. The van der Waals surface area contributed by atoms with E-state index >= 15 is 0 Å². The standard InChI is InChI=1S/C20H24F2N2O6/c1-28-20(27)14-10-24(4-5-25)19(26)17(14)23-13-8-15(21)18(16(22)9-13)30-11-12-2-6-29-7-3-12/h8-9,12,23,25H,2-7,10-11H2,1H3. The van der Waals surface area contributed by atoms with Crippen LogP contribution in [-0.4, -0.2) is 68.5 Å². The van der Waals surface area contributed by atoms with Crippen molar-refractivity contribution in [1.29, 1.82) is 0 Å². The number of hydrogen-bond donors (Lipinski definition) is 2. The highest BCUT2D eigenvalue weighted by Gasteiger charge is 2.34. The van der Waals surface area contributed by atoms with Crippen LogP contribution in [0.4, 0.5) is 14.5 Å². The van der Waals surface area contributed by atoms with Crippen molar-refractivity contribution < 1.29 is 37.7 Å². The van der Waals surface area contributed by atoms with Gasteiger partial charge in [-0.05, 0) is 18.8 Å². The minimum Gasteiger partial charge on any atom is -0.487 e. The molecule has 10 heteroatoms. The molecule has 0 unspecified atom stereocenters. The van der Waals surface area contributed by atoms with Crippen molar-refractivity contribution in [3.05, 3.63) is 35.0 Å². The summed E-state index contributed by atoms with van der Waals surface area (Å²) in [5.74, 6) is -3.51. The van der Waals surface area contributed by atoms with Crippen molar-refractivity contribution in [1.82, 2.24) is 4.90 Å². The summed E-state index contributed by atoms with van der Waals surface area (Å²) >= 11 is 0. The Balaban J connectivity index is 1.76. The van der Waals surface area contributed by atoms with E-state index in [0.717, 1.165) is 32.1 Å². The van der Waals surface area contributed by atoms with E-state index in [4.69, 9.17) is 14.6 Å². The third-order valence-electron chi connectivity index (χ3n) is 5.03. The van der Waals surface area contributed by atoms with E-state index in [2.05, 4.69) is 10.1 Å². The molecule has 1 aromatic rings. The smallest absolute Gasteiger partial charge is 0.337 e. The van der Waals surface area contributed by atoms with E-state index in [0.29, 0.717) is 13.2 Å². The van der Waals surface area contributed by atoms with E-state index in [1.165, 1.54) is 4.90 Å². The quantitative estimate of drug-likeness (QED) is 0.607. The Labute approximate surface area is 172 Å². The molecule has 0 atom stereocenters. The first-order valence-corrected chi connectivity index (χ1v) is 9.62. The van der Waals surface area contributed by atoms with Gasteiger partial charge in [0.05, 0.1) is 32.4 Å². The van der Waals surface area contributed by atoms with Crippen molar-refractivity contribution in [2.75, 3.05) is 51.9 Å². The predicted octanol–water partition coefficient (Wildman–Crippen LogP) is 1.44. The summed E-state index contributed by atoms with van der Waals surface area (Å²) < 4.78 is 44.3. The van der Waals surface area contributed by atoms with E-state index < -0.39 is 29.3 Å². The molecule has 3 rings (SSSR count). The first-order chi connectivity index (χ1) is 14.4. The van der Waals surface area contributed by atoms with Crippen LogP contribution in [0.3, 0.4) is 0 Å². The van der Waals surface area contributed by atoms with Crippen LogP contribution in [0.1, 0.15) is 12.8 Å². The molecule has 2 N–H and O–H groups in total. The maximum atomic E-state index is 14.5. The van der Waals surface area contributed by atoms with Crippen molar-refractivity contribution in [3.8, 4) is 5.75 Å². The molecule has 2 heterocycles. The second-order valence-corrected chi connectivity index (χ2v) is 7.06. The Morgan fingerprint density at radius 2 is 1.97 bits per heavy atom. The van der Waals surface area contributed by atoms with Crippen molar-refractivity contribution >= 4 is 17.6 Å². The number of hydrogen-bond acceptors (Lipinski definition) is 7. The Hall–Kier alpha value is -2.72. The van der Waals surface area contributed by atoms with Crippen LogP contribution < -0.4 is 10.1 Å². The third-order valence-corrected chi connectivity index (χ3v) is 5.03. The number of nitrogens with one attached hydrogen (secondary N) is 1. The molecule has 8 nitrogen and oxygen atoms in total. The number of amides is 1. The Bertz CT molecular complexity index is 816. The molecule has 1 fully saturated rings. The molecular weight excluding hydrogens is 402 g/mol. The highest BCUT2D eigenvalue weighted by atomic mass is 19.1. The van der Waals surface area contributed by atoms with Crippen LogP contribution in [0.2, 0.25) is 0 Å². The number of aliphatic hydroxyl groups excluding tert-OH is 1. The van der Waals surface area contributed by atoms with E-state index in [1.807, 2.05) is 0 Å². The number of anilines is 1. The van der Waals surface area contributed by atoms with Gasteiger partial charge in [-0.2, -0.15) is 0 Å². The number of methoxy groups -OCH3 is 1. The molecule has 0 aliphatic carbocycles. The topological polar surface area (TPSA) is 97.3 Å². The zero-order valence-electron chi connectivity index (χ0n) is 16.6. The summed E-state index contributed by atoms with van der Waals surface area (Å²) in [6.45, 7) is 1.01. The number of carbonyl (C=O) groups is 2. The number of carbonyl (C=O) groups excluding carboxylic acids is 2. The van der Waals surface area contributed by atoms with Crippen LogP contribution in [-0.2, 0) is 19.1 Å². The van der Waals surface area contributed by atoms with Gasteiger partial charge in [0, 0.05) is 37.6 Å². The van der Waals surface area contributed by atoms with Gasteiger partial charge in [0.15, 0.2) is 17.4 Å². The minimum absolute atomic E-state index is 0.00617. The summed E-state index contributed by atoms with van der Waals surface area (Å²) in [6.07, 6.45) is 1.53. The second kappa shape index (κ2) is 9.86. The molecule has 164 valence electrons. The van der Waals surface area contributed by atoms with Crippen molar-refractivity contribution in [2.45, 2.75) is 12.8 Å². The fraction of sp³-hybridized carbons (Fsp3) is 0.500. The number of ether oxygens (including phenoxy) is 3. The summed E-state index contributed by atoms with van der Waals surface area (Å²) in [5, 5.41) is 11.7.